The lowest BCUT2D eigenvalue weighted by molar-refractivity contribution is -0.122. The van der Waals surface area contributed by atoms with Gasteiger partial charge in [0.15, 0.2) is 0 Å². The molecule has 0 radical (unpaired) electrons. The Morgan fingerprint density at radius 1 is 1.37 bits per heavy atom. The molecule has 1 aliphatic rings. The molecule has 1 aromatic rings. The quantitative estimate of drug-likeness (QED) is 0.649. The lowest BCUT2D eigenvalue weighted by atomic mass is 10.3. The number of nitrogens with one attached hydrogen (secondary N) is 2. The van der Waals surface area contributed by atoms with Gasteiger partial charge in [0, 0.05) is 32.2 Å². The molecule has 1 saturated heterocycles. The van der Waals surface area contributed by atoms with Gasteiger partial charge in [-0.3, -0.25) is 14.7 Å². The van der Waals surface area contributed by atoms with E-state index >= 15 is 0 Å². The van der Waals surface area contributed by atoms with E-state index in [1.807, 2.05) is 13.8 Å². The number of nitrogen functional groups attached to an aromatic ring is 1. The molecule has 4 N–H and O–H groups in total. The van der Waals surface area contributed by atoms with Gasteiger partial charge in [0.25, 0.3) is 0 Å². The standard InChI is InChI=1S/C11H21N7O/c1-8(2)13-9(19)7-17-3-5-18(6-4-17)11-14-10(12)15-16-11/h8H,3-7H2,1-2H3,(H,13,19)(H3,12,14,15,16). The average Bonchev–Trinajstić information content (AvgIpc) is 2.75. The third-order valence-electron chi connectivity index (χ3n) is 2.98. The molecule has 2 rings (SSSR count). The second-order valence-corrected chi connectivity index (χ2v) is 5.02. The summed E-state index contributed by atoms with van der Waals surface area (Å²) in [5.74, 6) is 1.10. The van der Waals surface area contributed by atoms with Gasteiger partial charge < -0.3 is 16.0 Å². The van der Waals surface area contributed by atoms with Gasteiger partial charge in [-0.25, -0.2) is 0 Å². The van der Waals surface area contributed by atoms with Crippen LogP contribution in [0.2, 0.25) is 0 Å². The summed E-state index contributed by atoms with van der Waals surface area (Å²) in [5, 5.41) is 10.6. The van der Waals surface area contributed by atoms with Crippen molar-refractivity contribution in [2.24, 2.45) is 0 Å². The monoisotopic (exact) mass is 267 g/mol. The van der Waals surface area contributed by atoms with Crippen molar-refractivity contribution in [3.63, 3.8) is 0 Å². The first-order valence-corrected chi connectivity index (χ1v) is 6.49. The summed E-state index contributed by atoms with van der Waals surface area (Å²) in [7, 11) is 0. The van der Waals surface area contributed by atoms with Crippen molar-refractivity contribution in [1.82, 2.24) is 25.4 Å². The Hall–Kier alpha value is -1.83. The highest BCUT2D eigenvalue weighted by atomic mass is 16.2. The maximum Gasteiger partial charge on any atom is 0.234 e. The number of carbonyl (C=O) groups is 1. The summed E-state index contributed by atoms with van der Waals surface area (Å²) in [4.78, 5) is 18.8. The van der Waals surface area contributed by atoms with Crippen molar-refractivity contribution in [3.8, 4) is 0 Å². The van der Waals surface area contributed by atoms with Crippen molar-refractivity contribution in [3.05, 3.63) is 0 Å². The molecular formula is C11H21N7O. The molecule has 0 unspecified atom stereocenters. The molecule has 0 bridgehead atoms. The molecule has 1 amide bonds. The minimum Gasteiger partial charge on any atom is -0.368 e. The predicted octanol–water partition coefficient (Wildman–Crippen LogP) is -0.966. The van der Waals surface area contributed by atoms with E-state index in [1.165, 1.54) is 0 Å². The van der Waals surface area contributed by atoms with E-state index in [-0.39, 0.29) is 11.9 Å². The molecule has 8 nitrogen and oxygen atoms in total. The van der Waals surface area contributed by atoms with Crippen LogP contribution in [0.5, 0.6) is 0 Å². The van der Waals surface area contributed by atoms with Crippen molar-refractivity contribution in [2.75, 3.05) is 43.4 Å². The number of hydrogen-bond acceptors (Lipinski definition) is 6. The van der Waals surface area contributed by atoms with Crippen LogP contribution in [-0.4, -0.2) is 64.8 Å². The first-order valence-electron chi connectivity index (χ1n) is 6.49. The SMILES string of the molecule is CC(C)NC(=O)CN1CCN(c2nnc(N)[nH]2)CC1. The van der Waals surface area contributed by atoms with Crippen LogP contribution in [0.3, 0.4) is 0 Å². The van der Waals surface area contributed by atoms with Crippen LogP contribution in [0, 0.1) is 0 Å². The van der Waals surface area contributed by atoms with Crippen molar-refractivity contribution in [1.29, 1.82) is 0 Å². The fourth-order valence-corrected chi connectivity index (χ4v) is 2.10. The number of piperazine rings is 1. The number of amides is 1. The number of carbonyl (C=O) groups excluding carboxylic acids is 1. The van der Waals surface area contributed by atoms with Crippen LogP contribution in [-0.2, 0) is 4.79 Å². The first kappa shape index (κ1) is 13.6. The Bertz CT molecular complexity index is 422. The highest BCUT2D eigenvalue weighted by molar-refractivity contribution is 5.78. The molecule has 0 saturated carbocycles. The molecule has 2 heterocycles. The van der Waals surface area contributed by atoms with Crippen molar-refractivity contribution < 1.29 is 4.79 Å². The summed E-state index contributed by atoms with van der Waals surface area (Å²) in [6.45, 7) is 7.64. The molecule has 1 aromatic heterocycles. The number of rotatable bonds is 4. The number of H-pyrrole nitrogens is 1. The van der Waals surface area contributed by atoms with E-state index in [4.69, 9.17) is 5.73 Å². The highest BCUT2D eigenvalue weighted by Gasteiger charge is 2.21. The van der Waals surface area contributed by atoms with Crippen molar-refractivity contribution >= 4 is 17.8 Å². The van der Waals surface area contributed by atoms with Gasteiger partial charge in [0.1, 0.15) is 0 Å². The Morgan fingerprint density at radius 3 is 2.58 bits per heavy atom. The molecule has 106 valence electrons. The van der Waals surface area contributed by atoms with Gasteiger partial charge in [-0.2, -0.15) is 0 Å². The maximum atomic E-state index is 11.7. The number of aromatic nitrogens is 3. The van der Waals surface area contributed by atoms with E-state index < -0.39 is 0 Å². The van der Waals surface area contributed by atoms with Crippen LogP contribution < -0.4 is 16.0 Å². The zero-order chi connectivity index (χ0) is 13.8. The van der Waals surface area contributed by atoms with Gasteiger partial charge in [-0.15, -0.1) is 10.2 Å². The maximum absolute atomic E-state index is 11.7. The van der Waals surface area contributed by atoms with Gasteiger partial charge in [0.05, 0.1) is 6.54 Å². The number of nitrogens with two attached hydrogens (primary N) is 1. The summed E-state index contributed by atoms with van der Waals surface area (Å²) in [6.07, 6.45) is 0. The second-order valence-electron chi connectivity index (χ2n) is 5.02. The van der Waals surface area contributed by atoms with Crippen LogP contribution in [0.1, 0.15) is 13.8 Å². The van der Waals surface area contributed by atoms with E-state index in [1.54, 1.807) is 0 Å². The second kappa shape index (κ2) is 5.87. The number of nitrogens with zero attached hydrogens (tertiary/aromatic N) is 4. The Morgan fingerprint density at radius 2 is 2.05 bits per heavy atom. The van der Waals surface area contributed by atoms with Gasteiger partial charge in [-0.1, -0.05) is 0 Å². The fourth-order valence-electron chi connectivity index (χ4n) is 2.10. The van der Waals surface area contributed by atoms with Crippen LogP contribution in [0.25, 0.3) is 0 Å². The molecular weight excluding hydrogens is 246 g/mol. The van der Waals surface area contributed by atoms with E-state index in [0.717, 1.165) is 26.2 Å². The van der Waals surface area contributed by atoms with Gasteiger partial charge in [0.2, 0.25) is 17.8 Å². The summed E-state index contributed by atoms with van der Waals surface area (Å²) < 4.78 is 0. The topological polar surface area (TPSA) is 103 Å². The third kappa shape index (κ3) is 3.82. The van der Waals surface area contributed by atoms with Crippen LogP contribution >= 0.6 is 0 Å². The molecule has 1 fully saturated rings. The molecule has 8 heteroatoms. The number of anilines is 2. The molecule has 0 aromatic carbocycles. The lowest BCUT2D eigenvalue weighted by Crippen LogP contribution is -2.50. The normalized spacial score (nSPS) is 16.9. The van der Waals surface area contributed by atoms with E-state index in [9.17, 15) is 4.79 Å². The molecule has 1 aliphatic heterocycles. The van der Waals surface area contributed by atoms with E-state index in [0.29, 0.717) is 18.4 Å². The smallest absolute Gasteiger partial charge is 0.234 e. The van der Waals surface area contributed by atoms with Gasteiger partial charge in [-0.05, 0) is 13.8 Å². The summed E-state index contributed by atoms with van der Waals surface area (Å²) in [6, 6.07) is 0.186. The average molecular weight is 267 g/mol. The minimum atomic E-state index is 0.0763. The Balaban J connectivity index is 1.78. The zero-order valence-electron chi connectivity index (χ0n) is 11.4. The van der Waals surface area contributed by atoms with E-state index in [2.05, 4.69) is 30.3 Å². The Kier molecular flexibility index (Phi) is 4.20. The highest BCUT2D eigenvalue weighted by Crippen LogP contribution is 2.11. The Labute approximate surface area is 112 Å². The largest absolute Gasteiger partial charge is 0.368 e. The minimum absolute atomic E-state index is 0.0763. The molecule has 0 aliphatic carbocycles. The lowest BCUT2D eigenvalue weighted by Gasteiger charge is -2.33. The molecule has 19 heavy (non-hydrogen) atoms. The van der Waals surface area contributed by atoms with Crippen LogP contribution in [0.15, 0.2) is 0 Å². The summed E-state index contributed by atoms with van der Waals surface area (Å²) in [5.41, 5.74) is 5.51. The summed E-state index contributed by atoms with van der Waals surface area (Å²) >= 11 is 0. The van der Waals surface area contributed by atoms with Crippen LogP contribution in [0.4, 0.5) is 11.9 Å². The molecule has 0 atom stereocenters. The number of aromatic amines is 1. The van der Waals surface area contributed by atoms with Gasteiger partial charge >= 0.3 is 0 Å². The fraction of sp³-hybridized carbons (Fsp3) is 0.727. The first-order chi connectivity index (χ1) is 9.04. The third-order valence-corrected chi connectivity index (χ3v) is 2.98. The van der Waals surface area contributed by atoms with Crippen molar-refractivity contribution in [2.45, 2.75) is 19.9 Å². The number of hydrogen-bond donors (Lipinski definition) is 3. The molecule has 0 spiro atoms. The zero-order valence-corrected chi connectivity index (χ0v) is 11.4. The predicted molar refractivity (Wildman–Crippen MR) is 72.7 cm³/mol.